The van der Waals surface area contributed by atoms with Crippen molar-refractivity contribution in [2.45, 2.75) is 13.3 Å². The number of carbonyl (C=O) groups is 2. The number of allylic oxidation sites excluding steroid dienone is 2. The number of carbonyl (C=O) groups excluding carboxylic acids is 2. The molecule has 30 heavy (non-hydrogen) atoms. The highest BCUT2D eigenvalue weighted by Crippen LogP contribution is 2.60. The van der Waals surface area contributed by atoms with E-state index in [9.17, 15) is 9.59 Å². The minimum absolute atomic E-state index is 0.0671. The van der Waals surface area contributed by atoms with E-state index in [0.29, 0.717) is 11.4 Å². The van der Waals surface area contributed by atoms with Crippen molar-refractivity contribution < 1.29 is 14.3 Å². The number of ether oxygens (including phenoxy) is 1. The summed E-state index contributed by atoms with van der Waals surface area (Å²) < 4.78 is 6.00. The first-order chi connectivity index (χ1) is 14.6. The molecule has 148 valence electrons. The van der Waals surface area contributed by atoms with E-state index in [1.807, 2.05) is 49.4 Å². The van der Waals surface area contributed by atoms with Crippen molar-refractivity contribution in [1.29, 1.82) is 0 Å². The molecule has 3 aliphatic rings. The maximum atomic E-state index is 13.2. The van der Waals surface area contributed by atoms with E-state index in [4.69, 9.17) is 4.74 Å². The van der Waals surface area contributed by atoms with Crippen molar-refractivity contribution in [2.24, 2.45) is 23.2 Å². The highest BCUT2D eigenvalue weighted by molar-refractivity contribution is 6.24. The van der Waals surface area contributed by atoms with Crippen molar-refractivity contribution in [3.05, 3.63) is 78.9 Å². The molecule has 4 atom stereocenters. The molecule has 4 nitrogen and oxygen atoms in total. The van der Waals surface area contributed by atoms with Crippen molar-refractivity contribution in [1.82, 2.24) is 0 Å². The Bertz CT molecular complexity index is 1230. The van der Waals surface area contributed by atoms with Gasteiger partial charge in [-0.1, -0.05) is 42.5 Å². The Morgan fingerprint density at radius 3 is 2.40 bits per heavy atom. The molecule has 0 spiro atoms. The number of fused-ring (bicyclic) bond motifs is 6. The molecule has 0 aromatic heterocycles. The summed E-state index contributed by atoms with van der Waals surface area (Å²) in [5, 5.41) is 2.27. The number of anilines is 1. The predicted molar refractivity (Wildman–Crippen MR) is 115 cm³/mol. The van der Waals surface area contributed by atoms with Gasteiger partial charge in [0.05, 0.1) is 17.0 Å². The second-order valence-corrected chi connectivity index (χ2v) is 8.74. The number of hydrogen-bond acceptors (Lipinski definition) is 3. The van der Waals surface area contributed by atoms with Crippen LogP contribution in [-0.2, 0) is 9.59 Å². The maximum Gasteiger partial charge on any atom is 0.241 e. The molecule has 2 amide bonds. The summed E-state index contributed by atoms with van der Waals surface area (Å²) in [6.07, 6.45) is 5.16. The van der Waals surface area contributed by atoms with Crippen LogP contribution in [0.2, 0.25) is 0 Å². The molecule has 0 N–H and O–H groups in total. The van der Waals surface area contributed by atoms with E-state index in [1.54, 1.807) is 12.1 Å². The van der Waals surface area contributed by atoms with E-state index in [-0.39, 0.29) is 29.6 Å². The summed E-state index contributed by atoms with van der Waals surface area (Å²) in [6.45, 7) is 1.96. The van der Waals surface area contributed by atoms with Crippen LogP contribution in [0.4, 0.5) is 5.69 Å². The number of amides is 2. The van der Waals surface area contributed by atoms with Crippen LogP contribution in [0.5, 0.6) is 11.5 Å². The summed E-state index contributed by atoms with van der Waals surface area (Å²) in [5.74, 6) is 1.41. The molecule has 2 fully saturated rings. The Kier molecular flexibility index (Phi) is 3.52. The van der Waals surface area contributed by atoms with Gasteiger partial charge >= 0.3 is 0 Å². The summed E-state index contributed by atoms with van der Waals surface area (Å²) in [4.78, 5) is 27.8. The van der Waals surface area contributed by atoms with Crippen molar-refractivity contribution in [3.63, 3.8) is 0 Å². The van der Waals surface area contributed by atoms with Gasteiger partial charge in [0, 0.05) is 0 Å². The number of hydrogen-bond donors (Lipinski definition) is 0. The number of rotatable bonds is 3. The standard InChI is InChI=1S/C26H21NO3/c1-26-19-8-6-18(14-19)23(26)24(28)27(25(26)29)20-9-12-21(13-10-20)30-22-11-7-16-4-2-3-5-17(16)15-22/h2-13,15,18-19,23H,14H2,1H3/t18-,19-,23+,26-/m1/s1. The third kappa shape index (κ3) is 2.28. The van der Waals surface area contributed by atoms with Crippen LogP contribution in [0, 0.1) is 23.2 Å². The highest BCUT2D eigenvalue weighted by atomic mass is 16.5. The predicted octanol–water partition coefficient (Wildman–Crippen LogP) is 5.33. The average Bonchev–Trinajstić information content (AvgIpc) is 3.40. The minimum Gasteiger partial charge on any atom is -0.457 e. The fourth-order valence-electron chi connectivity index (χ4n) is 5.58. The van der Waals surface area contributed by atoms with Gasteiger partial charge in [-0.25, -0.2) is 4.90 Å². The van der Waals surface area contributed by atoms with E-state index in [1.165, 1.54) is 4.90 Å². The lowest BCUT2D eigenvalue weighted by Crippen LogP contribution is -2.37. The first-order valence-electron chi connectivity index (χ1n) is 10.4. The molecule has 6 rings (SSSR count). The van der Waals surface area contributed by atoms with Gasteiger partial charge in [0.2, 0.25) is 11.8 Å². The topological polar surface area (TPSA) is 46.6 Å². The third-order valence-electron chi connectivity index (χ3n) is 7.16. The maximum absolute atomic E-state index is 13.2. The molecule has 0 unspecified atom stereocenters. The van der Waals surface area contributed by atoms with Crippen molar-refractivity contribution in [2.75, 3.05) is 4.90 Å². The molecule has 1 heterocycles. The van der Waals surface area contributed by atoms with E-state index < -0.39 is 5.41 Å². The average molecular weight is 395 g/mol. The van der Waals surface area contributed by atoms with Crippen LogP contribution in [-0.4, -0.2) is 11.8 Å². The van der Waals surface area contributed by atoms with E-state index >= 15 is 0 Å². The van der Waals surface area contributed by atoms with Gasteiger partial charge in [-0.05, 0) is 72.4 Å². The molecule has 1 saturated carbocycles. The van der Waals surface area contributed by atoms with E-state index in [2.05, 4.69) is 24.3 Å². The number of benzene rings is 3. The van der Waals surface area contributed by atoms with Gasteiger partial charge in [-0.2, -0.15) is 0 Å². The molecule has 3 aromatic carbocycles. The molecule has 1 saturated heterocycles. The lowest BCUT2D eigenvalue weighted by Gasteiger charge is -2.28. The summed E-state index contributed by atoms with van der Waals surface area (Å²) in [7, 11) is 0. The zero-order chi connectivity index (χ0) is 20.5. The molecule has 2 bridgehead atoms. The van der Waals surface area contributed by atoms with Crippen LogP contribution in [0.15, 0.2) is 78.9 Å². The largest absolute Gasteiger partial charge is 0.457 e. The Morgan fingerprint density at radius 2 is 1.63 bits per heavy atom. The normalized spacial score (nSPS) is 29.1. The fraction of sp³-hybridized carbons (Fsp3) is 0.231. The second kappa shape index (κ2) is 6.05. The van der Waals surface area contributed by atoms with Gasteiger partial charge in [0.25, 0.3) is 0 Å². The van der Waals surface area contributed by atoms with E-state index in [0.717, 1.165) is 22.9 Å². The third-order valence-corrected chi connectivity index (χ3v) is 7.16. The van der Waals surface area contributed by atoms with Crippen LogP contribution < -0.4 is 9.64 Å². The quantitative estimate of drug-likeness (QED) is 0.445. The van der Waals surface area contributed by atoms with Crippen LogP contribution in [0.25, 0.3) is 10.8 Å². The zero-order valence-corrected chi connectivity index (χ0v) is 16.6. The molecule has 4 heteroatoms. The molecular formula is C26H21NO3. The first kappa shape index (κ1) is 17.5. The first-order valence-corrected chi connectivity index (χ1v) is 10.4. The van der Waals surface area contributed by atoms with Gasteiger partial charge in [0.15, 0.2) is 0 Å². The fourth-order valence-corrected chi connectivity index (χ4v) is 5.58. The zero-order valence-electron chi connectivity index (χ0n) is 16.6. The smallest absolute Gasteiger partial charge is 0.241 e. The molecule has 2 aliphatic carbocycles. The Labute approximate surface area is 174 Å². The SMILES string of the molecule is C[C@]12C(=O)N(c3ccc(Oc4ccc5ccccc5c4)cc3)C(=O)[C@@H]1[C@@H]1C=C[C@@H]2C1. The molecular weight excluding hydrogens is 374 g/mol. The Hall–Kier alpha value is -3.40. The Balaban J connectivity index is 1.26. The second-order valence-electron chi connectivity index (χ2n) is 8.74. The molecule has 0 radical (unpaired) electrons. The van der Waals surface area contributed by atoms with Crippen LogP contribution >= 0.6 is 0 Å². The van der Waals surface area contributed by atoms with Gasteiger partial charge in [-0.3, -0.25) is 9.59 Å². The number of nitrogens with zero attached hydrogens (tertiary/aromatic N) is 1. The van der Waals surface area contributed by atoms with Crippen molar-refractivity contribution >= 4 is 28.3 Å². The Morgan fingerprint density at radius 1 is 0.900 bits per heavy atom. The summed E-state index contributed by atoms with van der Waals surface area (Å²) in [5.41, 5.74) is 0.0161. The monoisotopic (exact) mass is 395 g/mol. The number of imide groups is 1. The highest BCUT2D eigenvalue weighted by Gasteiger charge is 2.67. The molecule has 3 aromatic rings. The lowest BCUT2D eigenvalue weighted by molar-refractivity contribution is -0.127. The lowest BCUT2D eigenvalue weighted by atomic mass is 9.71. The molecule has 1 aliphatic heterocycles. The van der Waals surface area contributed by atoms with Crippen LogP contribution in [0.1, 0.15) is 13.3 Å². The van der Waals surface area contributed by atoms with Gasteiger partial charge in [0.1, 0.15) is 11.5 Å². The minimum atomic E-state index is -0.600. The summed E-state index contributed by atoms with van der Waals surface area (Å²) in [6, 6.07) is 21.3. The van der Waals surface area contributed by atoms with Gasteiger partial charge < -0.3 is 4.74 Å². The van der Waals surface area contributed by atoms with Crippen LogP contribution in [0.3, 0.4) is 0 Å². The van der Waals surface area contributed by atoms with Gasteiger partial charge in [-0.15, -0.1) is 0 Å². The van der Waals surface area contributed by atoms with Crippen molar-refractivity contribution in [3.8, 4) is 11.5 Å². The summed E-state index contributed by atoms with van der Waals surface area (Å²) >= 11 is 0.